The fourth-order valence-electron chi connectivity index (χ4n) is 3.01. The van der Waals surface area contributed by atoms with Crippen LogP contribution in [-0.2, 0) is 32.5 Å². The lowest BCUT2D eigenvalue weighted by Crippen LogP contribution is -2.45. The molecule has 34 heavy (non-hydrogen) atoms. The molecule has 0 heterocycles. The number of hydrogen-bond acceptors (Lipinski definition) is 5. The summed E-state index contributed by atoms with van der Waals surface area (Å²) in [6.07, 6.45) is 1.83. The molecule has 0 bridgehead atoms. The quantitative estimate of drug-likeness (QED) is 0.267. The molecule has 186 valence electrons. The minimum absolute atomic E-state index is 0.304. The molecule has 2 rings (SSSR count). The molecule has 0 spiro atoms. The van der Waals surface area contributed by atoms with Crippen LogP contribution >= 0.6 is 12.2 Å². The number of hydrogen-bond donors (Lipinski definition) is 3. The number of ether oxygens (including phenoxy) is 1. The van der Waals surface area contributed by atoms with Crippen molar-refractivity contribution in [2.24, 2.45) is 5.41 Å². The second kappa shape index (κ2) is 11.7. The third-order valence-corrected chi connectivity index (χ3v) is 6.00. The van der Waals surface area contributed by atoms with Crippen molar-refractivity contribution in [2.45, 2.75) is 60.2 Å². The van der Waals surface area contributed by atoms with Crippen molar-refractivity contribution in [1.29, 1.82) is 0 Å². The van der Waals surface area contributed by atoms with Crippen LogP contribution < -0.4 is 15.4 Å². The van der Waals surface area contributed by atoms with Gasteiger partial charge in [0, 0.05) is 18.7 Å². The van der Waals surface area contributed by atoms with Crippen molar-refractivity contribution in [2.75, 3.05) is 11.0 Å². The monoisotopic (exact) mass is 505 g/mol. The van der Waals surface area contributed by atoms with E-state index in [2.05, 4.69) is 47.4 Å². The van der Waals surface area contributed by atoms with Crippen molar-refractivity contribution in [3.05, 3.63) is 64.7 Å². The Morgan fingerprint density at radius 2 is 1.65 bits per heavy atom. The molecule has 0 aliphatic rings. The summed E-state index contributed by atoms with van der Waals surface area (Å²) in [4.78, 5) is 12.5. The van der Waals surface area contributed by atoms with Crippen LogP contribution in [-0.4, -0.2) is 32.0 Å². The Morgan fingerprint density at radius 1 is 1.03 bits per heavy atom. The predicted molar refractivity (Wildman–Crippen MR) is 141 cm³/mol. The normalized spacial score (nSPS) is 12.5. The molecule has 2 aromatic carbocycles. The summed E-state index contributed by atoms with van der Waals surface area (Å²) >= 11 is 5.44. The summed E-state index contributed by atoms with van der Waals surface area (Å²) in [5.41, 5.74) is 4.42. The molecule has 0 saturated heterocycles. The second-order valence-electron chi connectivity index (χ2n) is 9.50. The van der Waals surface area contributed by atoms with Gasteiger partial charge in [-0.25, -0.2) is 8.42 Å². The predicted octanol–water partition coefficient (Wildman–Crippen LogP) is 4.19. The van der Waals surface area contributed by atoms with Gasteiger partial charge in [-0.05, 0) is 87.6 Å². The maximum atomic E-state index is 12.5. The van der Waals surface area contributed by atoms with Crippen LogP contribution in [0.25, 0.3) is 0 Å². The number of sulfonamides is 1. The number of carbonyl (C=O) groups is 1. The van der Waals surface area contributed by atoms with E-state index in [4.69, 9.17) is 17.0 Å². The van der Waals surface area contributed by atoms with Crippen LogP contribution in [0.5, 0.6) is 0 Å². The standard InChI is InChI=1S/C25H35N3O4S2/c1-17-7-8-19(15-18(17)2)11-14-22(32-23(29)25(3,4)5)27-24(33)26-16-20-9-12-21(13-10-20)28-34(6,30)31/h7-10,12-13,15,22,28H,11,14,16H2,1-6H3,(H2,26,27,33). The van der Waals surface area contributed by atoms with Crippen molar-refractivity contribution < 1.29 is 17.9 Å². The Bertz CT molecular complexity index is 1110. The van der Waals surface area contributed by atoms with Gasteiger partial charge in [-0.3, -0.25) is 9.52 Å². The first-order valence-electron chi connectivity index (χ1n) is 11.1. The van der Waals surface area contributed by atoms with Gasteiger partial charge in [0.25, 0.3) is 0 Å². The molecular weight excluding hydrogens is 470 g/mol. The summed E-state index contributed by atoms with van der Waals surface area (Å²) in [5.74, 6) is -0.304. The first-order chi connectivity index (χ1) is 15.7. The van der Waals surface area contributed by atoms with Gasteiger partial charge in [0.15, 0.2) is 11.3 Å². The van der Waals surface area contributed by atoms with Crippen molar-refractivity contribution in [3.8, 4) is 0 Å². The van der Waals surface area contributed by atoms with Gasteiger partial charge in [0.05, 0.1) is 11.7 Å². The minimum atomic E-state index is -3.32. The maximum Gasteiger partial charge on any atom is 0.313 e. The largest absolute Gasteiger partial charge is 0.441 e. The van der Waals surface area contributed by atoms with Crippen LogP contribution in [0, 0.1) is 19.3 Å². The fraction of sp³-hybridized carbons (Fsp3) is 0.440. The molecule has 7 nitrogen and oxygen atoms in total. The Morgan fingerprint density at radius 3 is 2.21 bits per heavy atom. The molecule has 0 aromatic heterocycles. The average Bonchev–Trinajstić information content (AvgIpc) is 2.72. The van der Waals surface area contributed by atoms with Gasteiger partial charge < -0.3 is 15.4 Å². The molecule has 0 aliphatic heterocycles. The van der Waals surface area contributed by atoms with Crippen LogP contribution in [0.1, 0.15) is 49.4 Å². The van der Waals surface area contributed by atoms with E-state index in [1.807, 2.05) is 20.8 Å². The summed E-state index contributed by atoms with van der Waals surface area (Å²) in [6.45, 7) is 10.0. The fourth-order valence-corrected chi connectivity index (χ4v) is 3.78. The molecule has 3 N–H and O–H groups in total. The molecule has 0 amide bonds. The van der Waals surface area contributed by atoms with Gasteiger partial charge in [-0.15, -0.1) is 0 Å². The molecule has 0 fully saturated rings. The molecule has 0 aliphatic carbocycles. The van der Waals surface area contributed by atoms with Gasteiger partial charge in [-0.2, -0.15) is 0 Å². The second-order valence-corrected chi connectivity index (χ2v) is 11.7. The zero-order chi connectivity index (χ0) is 25.5. The van der Waals surface area contributed by atoms with E-state index in [0.29, 0.717) is 23.8 Å². The van der Waals surface area contributed by atoms with E-state index < -0.39 is 21.7 Å². The smallest absolute Gasteiger partial charge is 0.313 e. The number of anilines is 1. The van der Waals surface area contributed by atoms with E-state index in [1.54, 1.807) is 24.3 Å². The highest BCUT2D eigenvalue weighted by Crippen LogP contribution is 2.18. The number of nitrogens with one attached hydrogen (secondary N) is 3. The highest BCUT2D eigenvalue weighted by molar-refractivity contribution is 7.92. The number of rotatable bonds is 9. The van der Waals surface area contributed by atoms with Gasteiger partial charge >= 0.3 is 5.97 Å². The van der Waals surface area contributed by atoms with E-state index in [0.717, 1.165) is 18.2 Å². The van der Waals surface area contributed by atoms with Gasteiger partial charge in [0.2, 0.25) is 10.0 Å². The third-order valence-electron chi connectivity index (χ3n) is 5.13. The molecule has 2 aromatic rings. The lowest BCUT2D eigenvalue weighted by Gasteiger charge is -2.25. The lowest BCUT2D eigenvalue weighted by molar-refractivity contribution is -0.159. The number of thiocarbonyl (C=S) groups is 1. The van der Waals surface area contributed by atoms with Crippen LogP contribution in [0.15, 0.2) is 42.5 Å². The molecule has 1 atom stereocenters. The average molecular weight is 506 g/mol. The van der Waals surface area contributed by atoms with E-state index >= 15 is 0 Å². The maximum absolute atomic E-state index is 12.5. The number of aryl methyl sites for hydroxylation is 3. The topological polar surface area (TPSA) is 96.5 Å². The van der Waals surface area contributed by atoms with E-state index in [9.17, 15) is 13.2 Å². The Balaban J connectivity index is 1.98. The Kier molecular flexibility index (Phi) is 9.46. The third kappa shape index (κ3) is 9.69. The zero-order valence-corrected chi connectivity index (χ0v) is 22.3. The van der Waals surface area contributed by atoms with Crippen molar-refractivity contribution in [3.63, 3.8) is 0 Å². The van der Waals surface area contributed by atoms with Gasteiger partial charge in [-0.1, -0.05) is 30.3 Å². The molecule has 1 unspecified atom stereocenters. The van der Waals surface area contributed by atoms with Gasteiger partial charge in [0.1, 0.15) is 0 Å². The first-order valence-corrected chi connectivity index (χ1v) is 13.4. The lowest BCUT2D eigenvalue weighted by atomic mass is 9.97. The molecule has 9 heteroatoms. The Hall–Kier alpha value is -2.65. The molecular formula is C25H35N3O4S2. The summed E-state index contributed by atoms with van der Waals surface area (Å²) in [6, 6.07) is 13.3. The van der Waals surface area contributed by atoms with Crippen LogP contribution in [0.2, 0.25) is 0 Å². The highest BCUT2D eigenvalue weighted by Gasteiger charge is 2.26. The molecule has 0 saturated carbocycles. The number of carbonyl (C=O) groups excluding carboxylic acids is 1. The SMILES string of the molecule is Cc1ccc(CCC(NC(=S)NCc2ccc(NS(C)(=O)=O)cc2)OC(=O)C(C)(C)C)cc1C. The van der Waals surface area contributed by atoms with E-state index in [1.165, 1.54) is 16.7 Å². The summed E-state index contributed by atoms with van der Waals surface area (Å²) in [7, 11) is -3.32. The summed E-state index contributed by atoms with van der Waals surface area (Å²) in [5, 5.41) is 6.59. The number of esters is 1. The Labute approximate surface area is 208 Å². The van der Waals surface area contributed by atoms with Crippen LogP contribution in [0.3, 0.4) is 0 Å². The number of benzene rings is 2. The van der Waals surface area contributed by atoms with Crippen LogP contribution in [0.4, 0.5) is 5.69 Å². The minimum Gasteiger partial charge on any atom is -0.441 e. The van der Waals surface area contributed by atoms with Crippen molar-refractivity contribution >= 4 is 39.0 Å². The zero-order valence-electron chi connectivity index (χ0n) is 20.7. The molecule has 0 radical (unpaired) electrons. The van der Waals surface area contributed by atoms with E-state index in [-0.39, 0.29) is 5.97 Å². The first kappa shape index (κ1) is 27.6. The summed E-state index contributed by atoms with van der Waals surface area (Å²) < 4.78 is 30.8. The van der Waals surface area contributed by atoms with Crippen molar-refractivity contribution in [1.82, 2.24) is 10.6 Å². The highest BCUT2D eigenvalue weighted by atomic mass is 32.2.